The molecule has 0 aliphatic carbocycles. The molecule has 0 atom stereocenters. The van der Waals surface area contributed by atoms with E-state index >= 15 is 0 Å². The van der Waals surface area contributed by atoms with Crippen molar-refractivity contribution in [2.45, 2.75) is 32.8 Å². The summed E-state index contributed by atoms with van der Waals surface area (Å²) >= 11 is 0. The van der Waals surface area contributed by atoms with E-state index in [1.54, 1.807) is 20.8 Å². The second-order valence-electron chi connectivity index (χ2n) is 9.61. The summed E-state index contributed by atoms with van der Waals surface area (Å²) in [4.78, 5) is 43.7. The molecule has 0 unspecified atom stereocenters. The average molecular weight is 388 g/mol. The fraction of sp³-hybridized carbons (Fsp3) is 0.750. The van der Waals surface area contributed by atoms with Gasteiger partial charge >= 0.3 is 182 Å². The number of piperazine rings is 1. The molecule has 0 bridgehead atoms. The van der Waals surface area contributed by atoms with Gasteiger partial charge in [0.15, 0.2) is 0 Å². The third-order valence-corrected chi connectivity index (χ3v) is 5.28. The Hall–Kier alpha value is -1.14. The van der Waals surface area contributed by atoms with E-state index in [2.05, 4.69) is 43.6 Å². The van der Waals surface area contributed by atoms with E-state index in [1.807, 2.05) is 6.96 Å². The molecule has 1 heterocycles. The zero-order chi connectivity index (χ0) is 22.4. The van der Waals surface area contributed by atoms with Crippen LogP contribution in [0.25, 0.3) is 0 Å². The predicted molar refractivity (Wildman–Crippen MR) is 138 cm³/mol. The van der Waals surface area contributed by atoms with Gasteiger partial charge in [0.05, 0.1) is 0 Å². The Labute approximate surface area is 182 Å². The maximum atomic E-state index is 12.3. The van der Waals surface area contributed by atoms with Crippen molar-refractivity contribution in [3.05, 3.63) is 0 Å². The Kier molecular flexibility index (Phi) is 10.1. The first-order valence-electron chi connectivity index (χ1n) is 10.6. The van der Waals surface area contributed by atoms with Crippen LogP contribution in [-0.2, 0) is 14.3 Å². The number of rotatable bonds is 8. The third-order valence-electron chi connectivity index (χ3n) is 5.28. The van der Waals surface area contributed by atoms with Crippen molar-refractivity contribution in [2.75, 3.05) is 26.2 Å². The zero-order valence-corrected chi connectivity index (χ0v) is 19.4. The number of ether oxygens (including phenoxy) is 1. The molecule has 0 N–H and O–H groups in total. The van der Waals surface area contributed by atoms with E-state index in [4.69, 9.17) is 4.74 Å². The van der Waals surface area contributed by atoms with Gasteiger partial charge in [0, 0.05) is 0 Å². The summed E-state index contributed by atoms with van der Waals surface area (Å²) in [6, 6.07) is 0. The van der Waals surface area contributed by atoms with Gasteiger partial charge < -0.3 is 0 Å². The summed E-state index contributed by atoms with van der Waals surface area (Å²) in [5.74, 6) is -0.742. The minimum absolute atomic E-state index is 0.134. The van der Waals surface area contributed by atoms with Gasteiger partial charge in [0.1, 0.15) is 0 Å². The van der Waals surface area contributed by atoms with E-state index in [-0.39, 0.29) is 24.9 Å². The molecule has 1 aliphatic heterocycles. The van der Waals surface area contributed by atoms with Gasteiger partial charge in [-0.15, -0.1) is 0 Å². The summed E-state index contributed by atoms with van der Waals surface area (Å²) < 4.78 is 5.24. The number of hydrogen-bond donors (Lipinski definition) is 0. The van der Waals surface area contributed by atoms with Crippen LogP contribution in [0.4, 0.5) is 4.79 Å². The Bertz CT molecular complexity index is 612. The van der Waals surface area contributed by atoms with Crippen molar-refractivity contribution >= 4 is 89.1 Å². The molecule has 1 fully saturated rings. The first kappa shape index (κ1) is 25.9. The Balaban J connectivity index is 2.52. The number of nitrogens with zero attached hydrogens (tertiary/aromatic N) is 3. The zero-order valence-electron chi connectivity index (χ0n) is 19.4. The normalized spacial score (nSPS) is 14.6. The van der Waals surface area contributed by atoms with E-state index in [9.17, 15) is 14.4 Å². The van der Waals surface area contributed by atoms with Gasteiger partial charge in [-0.05, 0) is 0 Å². The molecular formula is C12H29B10N3O4. The summed E-state index contributed by atoms with van der Waals surface area (Å²) in [5, 5.41) is 0. The molecule has 0 aromatic heterocycles. The van der Waals surface area contributed by atoms with Crippen molar-refractivity contribution in [2.24, 2.45) is 4.90 Å². The first-order valence-corrected chi connectivity index (χ1v) is 10.6. The van der Waals surface area contributed by atoms with Crippen molar-refractivity contribution in [1.82, 2.24) is 9.80 Å². The molecule has 17 heteroatoms. The molecule has 0 aromatic rings. The van der Waals surface area contributed by atoms with Gasteiger partial charge in [-0.25, -0.2) is 0 Å². The molecule has 3 amide bonds. The summed E-state index contributed by atoms with van der Waals surface area (Å²) in [6.07, 6.45) is 2.04. The second kappa shape index (κ2) is 11.3. The number of amides is 3. The Morgan fingerprint density at radius 3 is 2.10 bits per heavy atom. The fourth-order valence-corrected chi connectivity index (χ4v) is 3.27. The van der Waals surface area contributed by atoms with Crippen LogP contribution in [0.2, 0.25) is 0 Å². The Morgan fingerprint density at radius 1 is 1.10 bits per heavy atom. The van der Waals surface area contributed by atoms with Crippen molar-refractivity contribution in [3.8, 4) is 0 Å². The number of imide groups is 1. The molecule has 0 spiro atoms. The van der Waals surface area contributed by atoms with Crippen LogP contribution < -0.4 is 0 Å². The van der Waals surface area contributed by atoms with Crippen molar-refractivity contribution in [3.63, 3.8) is 0 Å². The topological polar surface area (TPSA) is 79.3 Å². The van der Waals surface area contributed by atoms with Gasteiger partial charge in [-0.3, -0.25) is 0 Å². The van der Waals surface area contributed by atoms with Gasteiger partial charge in [-0.1, -0.05) is 0 Å². The molecular weight excluding hydrogens is 358 g/mol. The molecule has 0 saturated carbocycles. The van der Waals surface area contributed by atoms with E-state index < -0.39 is 11.7 Å². The molecule has 0 radical (unpaired) electrons. The van der Waals surface area contributed by atoms with Crippen LogP contribution in [-0.4, -0.2) is 131 Å². The van der Waals surface area contributed by atoms with E-state index in [1.165, 1.54) is 4.90 Å². The minimum atomic E-state index is -0.667. The molecule has 1 aliphatic rings. The van der Waals surface area contributed by atoms with Gasteiger partial charge in [0.25, 0.3) is 0 Å². The van der Waals surface area contributed by atoms with Crippen LogP contribution in [0.5, 0.6) is 0 Å². The van der Waals surface area contributed by atoms with Crippen LogP contribution >= 0.6 is 0 Å². The molecule has 1 saturated heterocycles. The summed E-state index contributed by atoms with van der Waals surface area (Å²) in [6.45, 7) is 7.91. The van der Waals surface area contributed by atoms with Crippen LogP contribution in [0, 0.1) is 0 Å². The van der Waals surface area contributed by atoms with Gasteiger partial charge in [0.2, 0.25) is 0 Å². The van der Waals surface area contributed by atoms with Crippen LogP contribution in [0.3, 0.4) is 0 Å². The van der Waals surface area contributed by atoms with E-state index in [0.29, 0.717) is 45.1 Å². The first-order chi connectivity index (χ1) is 13.3. The summed E-state index contributed by atoms with van der Waals surface area (Å²) in [7, 11) is 11.1. The van der Waals surface area contributed by atoms with Crippen LogP contribution in [0.15, 0.2) is 4.90 Å². The number of hydrogen-bond acceptors (Lipinski definition) is 5. The SMILES string of the molecule is BB(B)B(B)B(/B=N/CCCN1C(=O)CN(C(=O)OC(C)(C)C)CC1=O)B(B)B. The molecule has 146 valence electrons. The average Bonchev–Trinajstić information content (AvgIpc) is 2.57. The third kappa shape index (κ3) is 8.63. The number of carbonyl (C=O) groups is 3. The van der Waals surface area contributed by atoms with Gasteiger partial charge in [-0.2, -0.15) is 0 Å². The van der Waals surface area contributed by atoms with E-state index in [0.717, 1.165) is 4.90 Å². The number of carbonyl (C=O) groups excluding carboxylic acids is 3. The second-order valence-corrected chi connectivity index (χ2v) is 9.61. The standard InChI is InChI=1S/C12H29B10N3O4/c1-12(2,3)29-11(28)24-7-9(26)25(10(27)8-24)6-4-5-23-18-22(20(15)16)21(17)19(13)14/h4-8,13-17H2,1-3H3. The predicted octanol–water partition coefficient (Wildman–Crippen LogP) is -5.77. The van der Waals surface area contributed by atoms with Crippen molar-refractivity contribution in [1.29, 1.82) is 0 Å². The maximum absolute atomic E-state index is 12.3. The molecule has 7 nitrogen and oxygen atoms in total. The molecule has 0 aromatic carbocycles. The molecule has 1 rings (SSSR count). The van der Waals surface area contributed by atoms with Crippen molar-refractivity contribution < 1.29 is 19.1 Å². The Morgan fingerprint density at radius 2 is 1.66 bits per heavy atom. The monoisotopic (exact) mass is 389 g/mol. The quantitative estimate of drug-likeness (QED) is 0.236. The molecule has 29 heavy (non-hydrogen) atoms. The summed E-state index contributed by atoms with van der Waals surface area (Å²) in [5.41, 5.74) is -0.667. The fourth-order valence-electron chi connectivity index (χ4n) is 3.27. The van der Waals surface area contributed by atoms with Crippen LogP contribution in [0.1, 0.15) is 27.2 Å².